The fraction of sp³-hybridized carbons (Fsp3) is 0.333. The monoisotopic (exact) mass is 297 g/mol. The van der Waals surface area contributed by atoms with Gasteiger partial charge in [-0.1, -0.05) is 23.2 Å². The third-order valence-electron chi connectivity index (χ3n) is 1.94. The lowest BCUT2D eigenvalue weighted by Gasteiger charge is -2.11. The second kappa shape index (κ2) is 6.20. The predicted molar refractivity (Wildman–Crippen MR) is 64.9 cm³/mol. The molecule has 0 saturated heterocycles. The molecule has 94 valence electrons. The lowest BCUT2D eigenvalue weighted by molar-refractivity contribution is -0.146. The molecule has 1 rings (SSSR count). The summed E-state index contributed by atoms with van der Waals surface area (Å²) in [6.45, 7) is 0.159. The van der Waals surface area contributed by atoms with Gasteiger partial charge in [0.2, 0.25) is 0 Å². The molecule has 1 heterocycles. The third kappa shape index (κ3) is 4.51. The van der Waals surface area contributed by atoms with E-state index in [-0.39, 0.29) is 6.54 Å². The number of hydrogen-bond donors (Lipinski definition) is 3. The Bertz CT molecular complexity index is 435. The van der Waals surface area contributed by atoms with Gasteiger partial charge >= 0.3 is 11.9 Å². The molecule has 0 aliphatic rings. The molecule has 17 heavy (non-hydrogen) atoms. The Kier molecular flexibility index (Phi) is 5.20. The van der Waals surface area contributed by atoms with Crippen LogP contribution < -0.4 is 5.32 Å². The summed E-state index contributed by atoms with van der Waals surface area (Å²) >= 11 is 12.7. The molecular formula is C9H9Cl2NO4S. The van der Waals surface area contributed by atoms with Crippen LogP contribution >= 0.6 is 34.5 Å². The first-order valence-electron chi connectivity index (χ1n) is 4.52. The maximum atomic E-state index is 10.8. The average molecular weight is 298 g/mol. The standard InChI is InChI=1S/C9H9Cl2NO4S/c10-6-1-4(8(11)17-6)3-12-5(9(15)16)2-7(13)14/h1,5,12H,2-3H2,(H,13,14)(H,15,16)/t5-/m1/s1. The van der Waals surface area contributed by atoms with Crippen LogP contribution in [0.4, 0.5) is 0 Å². The molecule has 0 aliphatic heterocycles. The fourth-order valence-electron chi connectivity index (χ4n) is 1.15. The maximum absolute atomic E-state index is 10.8. The van der Waals surface area contributed by atoms with E-state index in [4.69, 9.17) is 33.4 Å². The van der Waals surface area contributed by atoms with Crippen molar-refractivity contribution in [3.63, 3.8) is 0 Å². The van der Waals surface area contributed by atoms with Gasteiger partial charge in [-0.15, -0.1) is 11.3 Å². The van der Waals surface area contributed by atoms with E-state index in [0.717, 1.165) is 0 Å². The van der Waals surface area contributed by atoms with Crippen LogP contribution in [0.1, 0.15) is 12.0 Å². The summed E-state index contributed by atoms with van der Waals surface area (Å²) in [6.07, 6.45) is -0.495. The molecule has 0 aliphatic carbocycles. The van der Waals surface area contributed by atoms with E-state index < -0.39 is 24.4 Å². The second-order valence-electron chi connectivity index (χ2n) is 3.22. The van der Waals surface area contributed by atoms with Crippen molar-refractivity contribution >= 4 is 46.5 Å². The van der Waals surface area contributed by atoms with E-state index in [9.17, 15) is 9.59 Å². The van der Waals surface area contributed by atoms with Crippen LogP contribution in [0.25, 0.3) is 0 Å². The first kappa shape index (κ1) is 14.2. The number of carbonyl (C=O) groups is 2. The van der Waals surface area contributed by atoms with Crippen LogP contribution in [0.15, 0.2) is 6.07 Å². The van der Waals surface area contributed by atoms with Crippen LogP contribution in [0, 0.1) is 0 Å². The van der Waals surface area contributed by atoms with E-state index in [1.165, 1.54) is 11.3 Å². The van der Waals surface area contributed by atoms with E-state index in [2.05, 4.69) is 5.32 Å². The molecule has 0 radical (unpaired) electrons. The largest absolute Gasteiger partial charge is 0.481 e. The minimum absolute atomic E-state index is 0.159. The van der Waals surface area contributed by atoms with Gasteiger partial charge in [-0.25, -0.2) is 0 Å². The van der Waals surface area contributed by atoms with Crippen LogP contribution in [0.2, 0.25) is 8.67 Å². The molecule has 0 spiro atoms. The summed E-state index contributed by atoms with van der Waals surface area (Å²) in [5.74, 6) is -2.40. The van der Waals surface area contributed by atoms with Crippen molar-refractivity contribution in [3.05, 3.63) is 20.3 Å². The van der Waals surface area contributed by atoms with Gasteiger partial charge in [0, 0.05) is 6.54 Å². The van der Waals surface area contributed by atoms with E-state index in [1.54, 1.807) is 6.07 Å². The molecule has 1 aromatic rings. The number of hydrogen-bond acceptors (Lipinski definition) is 4. The number of rotatable bonds is 6. The van der Waals surface area contributed by atoms with Crippen molar-refractivity contribution in [1.82, 2.24) is 5.32 Å². The number of carboxylic acids is 2. The minimum atomic E-state index is -1.22. The van der Waals surface area contributed by atoms with Crippen LogP contribution in [-0.2, 0) is 16.1 Å². The first-order valence-corrected chi connectivity index (χ1v) is 6.09. The lowest BCUT2D eigenvalue weighted by atomic mass is 10.2. The Hall–Kier alpha value is -0.820. The molecular weight excluding hydrogens is 289 g/mol. The Labute approximate surface area is 111 Å². The van der Waals surface area contributed by atoms with Crippen molar-refractivity contribution in [2.75, 3.05) is 0 Å². The Morgan fingerprint density at radius 2 is 2.06 bits per heavy atom. The second-order valence-corrected chi connectivity index (χ2v) is 5.50. The van der Waals surface area contributed by atoms with Gasteiger partial charge in [0.15, 0.2) is 0 Å². The number of nitrogens with one attached hydrogen (secondary N) is 1. The third-order valence-corrected chi connectivity index (χ3v) is 3.51. The highest BCUT2D eigenvalue weighted by Crippen LogP contribution is 2.30. The molecule has 0 amide bonds. The molecule has 0 saturated carbocycles. The summed E-state index contributed by atoms with van der Waals surface area (Å²) in [5, 5.41) is 19.9. The number of carboxylic acid groups (broad SMARTS) is 2. The fourth-order valence-corrected chi connectivity index (χ4v) is 2.64. The van der Waals surface area contributed by atoms with E-state index >= 15 is 0 Å². The lowest BCUT2D eigenvalue weighted by Crippen LogP contribution is -2.38. The predicted octanol–water partition coefficient (Wildman–Crippen LogP) is 2.07. The number of aliphatic carboxylic acids is 2. The molecule has 0 bridgehead atoms. The van der Waals surface area contributed by atoms with Crippen molar-refractivity contribution in [2.45, 2.75) is 19.0 Å². The zero-order valence-electron chi connectivity index (χ0n) is 8.44. The van der Waals surface area contributed by atoms with Gasteiger partial charge in [0.25, 0.3) is 0 Å². The van der Waals surface area contributed by atoms with Gasteiger partial charge in [0.1, 0.15) is 6.04 Å². The molecule has 1 aromatic heterocycles. The molecule has 8 heteroatoms. The van der Waals surface area contributed by atoms with Gasteiger partial charge in [-0.2, -0.15) is 0 Å². The summed E-state index contributed by atoms with van der Waals surface area (Å²) in [6, 6.07) is 0.462. The van der Waals surface area contributed by atoms with Crippen LogP contribution in [0.3, 0.4) is 0 Å². The Morgan fingerprint density at radius 1 is 1.41 bits per heavy atom. The molecule has 0 fully saturated rings. The van der Waals surface area contributed by atoms with Gasteiger partial charge in [-0.3, -0.25) is 14.9 Å². The molecule has 0 unspecified atom stereocenters. The summed E-state index contributed by atoms with van der Waals surface area (Å²) in [7, 11) is 0. The van der Waals surface area contributed by atoms with Crippen molar-refractivity contribution < 1.29 is 19.8 Å². The zero-order valence-corrected chi connectivity index (χ0v) is 10.8. The highest BCUT2D eigenvalue weighted by atomic mass is 35.5. The van der Waals surface area contributed by atoms with Gasteiger partial charge in [0.05, 0.1) is 15.1 Å². The summed E-state index contributed by atoms with van der Waals surface area (Å²) in [4.78, 5) is 21.2. The highest BCUT2D eigenvalue weighted by molar-refractivity contribution is 7.20. The Balaban J connectivity index is 2.60. The van der Waals surface area contributed by atoms with Crippen molar-refractivity contribution in [1.29, 1.82) is 0 Å². The quantitative estimate of drug-likeness (QED) is 0.748. The van der Waals surface area contributed by atoms with E-state index in [1.807, 2.05) is 0 Å². The SMILES string of the molecule is O=C(O)C[C@@H](NCc1cc(Cl)sc1Cl)C(=O)O. The van der Waals surface area contributed by atoms with Gasteiger partial charge < -0.3 is 10.2 Å². The minimum Gasteiger partial charge on any atom is -0.481 e. The molecule has 1 atom stereocenters. The van der Waals surface area contributed by atoms with Gasteiger partial charge in [-0.05, 0) is 11.6 Å². The number of halogens is 2. The highest BCUT2D eigenvalue weighted by Gasteiger charge is 2.20. The van der Waals surface area contributed by atoms with Crippen molar-refractivity contribution in [3.8, 4) is 0 Å². The smallest absolute Gasteiger partial charge is 0.321 e. The Morgan fingerprint density at radius 3 is 2.47 bits per heavy atom. The topological polar surface area (TPSA) is 86.6 Å². The number of thiophene rings is 1. The van der Waals surface area contributed by atoms with Crippen LogP contribution in [-0.4, -0.2) is 28.2 Å². The first-order chi connectivity index (χ1) is 7.90. The molecule has 0 aromatic carbocycles. The summed E-state index contributed by atoms with van der Waals surface area (Å²) in [5.41, 5.74) is 0.651. The normalized spacial score (nSPS) is 12.4. The maximum Gasteiger partial charge on any atom is 0.321 e. The van der Waals surface area contributed by atoms with Crippen LogP contribution in [0.5, 0.6) is 0 Å². The molecule has 5 nitrogen and oxygen atoms in total. The zero-order chi connectivity index (χ0) is 13.0. The van der Waals surface area contributed by atoms with Crippen molar-refractivity contribution in [2.24, 2.45) is 0 Å². The average Bonchev–Trinajstić information content (AvgIpc) is 2.51. The summed E-state index contributed by atoms with van der Waals surface area (Å²) < 4.78 is 0.957. The molecule has 3 N–H and O–H groups in total. The van der Waals surface area contributed by atoms with E-state index in [0.29, 0.717) is 14.2 Å².